The van der Waals surface area contributed by atoms with Crippen LogP contribution in [0.5, 0.6) is 0 Å². The zero-order chi connectivity index (χ0) is 20.9. The maximum Gasteiger partial charge on any atom is 0.407 e. The van der Waals surface area contributed by atoms with Crippen molar-refractivity contribution in [3.05, 3.63) is 70.7 Å². The van der Waals surface area contributed by atoms with Crippen LogP contribution in [0.2, 0.25) is 5.02 Å². The monoisotopic (exact) mass is 417 g/mol. The average molecular weight is 418 g/mol. The van der Waals surface area contributed by atoms with Gasteiger partial charge in [0.25, 0.3) is 0 Å². The number of carbonyl (C=O) groups excluding carboxylic acids is 2. The summed E-state index contributed by atoms with van der Waals surface area (Å²) in [6.45, 7) is 2.29. The van der Waals surface area contributed by atoms with Crippen molar-refractivity contribution in [2.45, 2.75) is 45.1 Å². The molecule has 0 saturated heterocycles. The Morgan fingerprint density at radius 1 is 0.931 bits per heavy atom. The van der Waals surface area contributed by atoms with E-state index in [9.17, 15) is 9.59 Å². The first-order chi connectivity index (χ1) is 14.1. The summed E-state index contributed by atoms with van der Waals surface area (Å²) in [5.41, 5.74) is 2.18. The van der Waals surface area contributed by atoms with Crippen LogP contribution in [0.4, 0.5) is 4.79 Å². The summed E-state index contributed by atoms with van der Waals surface area (Å²) in [5.74, 6) is -0.484. The van der Waals surface area contributed by atoms with Crippen LogP contribution in [-0.2, 0) is 27.1 Å². The van der Waals surface area contributed by atoms with Gasteiger partial charge in [0, 0.05) is 11.4 Å². The lowest BCUT2D eigenvalue weighted by Gasteiger charge is -2.17. The molecule has 2 aromatic carbocycles. The van der Waals surface area contributed by atoms with E-state index in [-0.39, 0.29) is 6.61 Å². The SMILES string of the molecule is CCOC(=O)C(Cc1ccc(Cl)cc1)NC(=O)OCCCCCc1ccccc1. The summed E-state index contributed by atoms with van der Waals surface area (Å²) < 4.78 is 10.3. The largest absolute Gasteiger partial charge is 0.464 e. The molecule has 6 heteroatoms. The van der Waals surface area contributed by atoms with Crippen molar-refractivity contribution in [2.24, 2.45) is 0 Å². The molecule has 2 rings (SSSR count). The normalized spacial score (nSPS) is 11.5. The molecule has 0 fully saturated rings. The Labute approximate surface area is 177 Å². The minimum atomic E-state index is -0.804. The number of nitrogens with one attached hydrogen (secondary N) is 1. The van der Waals surface area contributed by atoms with Crippen LogP contribution >= 0.6 is 11.6 Å². The molecule has 156 valence electrons. The summed E-state index contributed by atoms with van der Waals surface area (Å²) >= 11 is 5.89. The van der Waals surface area contributed by atoms with Gasteiger partial charge in [-0.25, -0.2) is 9.59 Å². The van der Waals surface area contributed by atoms with E-state index in [1.54, 1.807) is 19.1 Å². The van der Waals surface area contributed by atoms with Crippen LogP contribution in [-0.4, -0.2) is 31.3 Å². The molecular weight excluding hydrogens is 390 g/mol. The van der Waals surface area contributed by atoms with Gasteiger partial charge in [-0.3, -0.25) is 0 Å². The molecule has 0 aromatic heterocycles. The fourth-order valence-corrected chi connectivity index (χ4v) is 3.02. The van der Waals surface area contributed by atoms with Gasteiger partial charge < -0.3 is 14.8 Å². The Morgan fingerprint density at radius 2 is 1.66 bits per heavy atom. The predicted octanol–water partition coefficient (Wildman–Crippen LogP) is 4.95. The number of aryl methyl sites for hydroxylation is 1. The molecule has 1 amide bonds. The molecule has 0 bridgehead atoms. The smallest absolute Gasteiger partial charge is 0.407 e. The summed E-state index contributed by atoms with van der Waals surface area (Å²) in [4.78, 5) is 24.3. The summed E-state index contributed by atoms with van der Waals surface area (Å²) in [7, 11) is 0. The maximum atomic E-state index is 12.2. The highest BCUT2D eigenvalue weighted by Gasteiger charge is 2.23. The zero-order valence-electron chi connectivity index (χ0n) is 16.7. The Kier molecular flexibility index (Phi) is 10.1. The van der Waals surface area contributed by atoms with E-state index in [1.807, 2.05) is 30.3 Å². The van der Waals surface area contributed by atoms with Crippen molar-refractivity contribution in [2.75, 3.05) is 13.2 Å². The number of benzene rings is 2. The minimum absolute atomic E-state index is 0.244. The Morgan fingerprint density at radius 3 is 2.34 bits per heavy atom. The maximum absolute atomic E-state index is 12.2. The lowest BCUT2D eigenvalue weighted by molar-refractivity contribution is -0.145. The van der Waals surface area contributed by atoms with E-state index in [0.29, 0.717) is 18.1 Å². The zero-order valence-corrected chi connectivity index (χ0v) is 17.5. The van der Waals surface area contributed by atoms with Gasteiger partial charge in [-0.15, -0.1) is 0 Å². The number of carbonyl (C=O) groups is 2. The average Bonchev–Trinajstić information content (AvgIpc) is 2.72. The number of hydrogen-bond acceptors (Lipinski definition) is 4. The Balaban J connectivity index is 1.72. The highest BCUT2D eigenvalue weighted by Crippen LogP contribution is 2.12. The summed E-state index contributed by atoms with van der Waals surface area (Å²) in [6, 6.07) is 16.6. The molecule has 0 heterocycles. The molecule has 29 heavy (non-hydrogen) atoms. The van der Waals surface area contributed by atoms with E-state index in [1.165, 1.54) is 5.56 Å². The number of amides is 1. The van der Waals surface area contributed by atoms with Crippen LogP contribution < -0.4 is 5.32 Å². The van der Waals surface area contributed by atoms with E-state index >= 15 is 0 Å². The lowest BCUT2D eigenvalue weighted by atomic mass is 10.1. The number of halogens is 1. The van der Waals surface area contributed by atoms with Gasteiger partial charge in [-0.2, -0.15) is 0 Å². The van der Waals surface area contributed by atoms with Gasteiger partial charge in [0.15, 0.2) is 0 Å². The Bertz CT molecular complexity index is 749. The minimum Gasteiger partial charge on any atom is -0.464 e. The van der Waals surface area contributed by atoms with Crippen LogP contribution in [0.1, 0.15) is 37.3 Å². The number of rotatable bonds is 11. The molecule has 2 aromatic rings. The van der Waals surface area contributed by atoms with Crippen molar-refractivity contribution in [1.29, 1.82) is 0 Å². The molecule has 0 radical (unpaired) electrons. The van der Waals surface area contributed by atoms with E-state index in [0.717, 1.165) is 31.2 Å². The van der Waals surface area contributed by atoms with Gasteiger partial charge in [-0.05, 0) is 55.9 Å². The number of alkyl carbamates (subject to hydrolysis) is 1. The van der Waals surface area contributed by atoms with Gasteiger partial charge in [0.1, 0.15) is 6.04 Å². The molecule has 0 aliphatic heterocycles. The van der Waals surface area contributed by atoms with Gasteiger partial charge in [-0.1, -0.05) is 54.1 Å². The van der Waals surface area contributed by atoms with Crippen molar-refractivity contribution in [1.82, 2.24) is 5.32 Å². The highest BCUT2D eigenvalue weighted by molar-refractivity contribution is 6.30. The van der Waals surface area contributed by atoms with Gasteiger partial charge in [0.2, 0.25) is 0 Å². The predicted molar refractivity (Wildman–Crippen MR) is 114 cm³/mol. The molecular formula is C23H28ClNO4. The summed E-state index contributed by atoms with van der Waals surface area (Å²) in [5, 5.41) is 3.22. The van der Waals surface area contributed by atoms with Gasteiger partial charge >= 0.3 is 12.1 Å². The lowest BCUT2D eigenvalue weighted by Crippen LogP contribution is -2.43. The third-order valence-corrected chi connectivity index (χ3v) is 4.65. The fourth-order valence-electron chi connectivity index (χ4n) is 2.89. The second-order valence-corrected chi connectivity index (χ2v) is 7.15. The molecule has 1 atom stereocenters. The molecule has 1 N–H and O–H groups in total. The van der Waals surface area contributed by atoms with Crippen LogP contribution in [0.25, 0.3) is 0 Å². The fraction of sp³-hybridized carbons (Fsp3) is 0.391. The van der Waals surface area contributed by atoms with Crippen molar-refractivity contribution >= 4 is 23.7 Å². The molecule has 5 nitrogen and oxygen atoms in total. The highest BCUT2D eigenvalue weighted by atomic mass is 35.5. The van der Waals surface area contributed by atoms with E-state index in [4.69, 9.17) is 21.1 Å². The third-order valence-electron chi connectivity index (χ3n) is 4.40. The number of ether oxygens (including phenoxy) is 2. The number of unbranched alkanes of at least 4 members (excludes halogenated alkanes) is 2. The molecule has 0 aliphatic carbocycles. The number of hydrogen-bond donors (Lipinski definition) is 1. The Hall–Kier alpha value is -2.53. The van der Waals surface area contributed by atoms with Crippen LogP contribution in [0.15, 0.2) is 54.6 Å². The topological polar surface area (TPSA) is 64.6 Å². The molecule has 0 saturated carbocycles. The van der Waals surface area contributed by atoms with E-state index in [2.05, 4.69) is 17.4 Å². The quantitative estimate of drug-likeness (QED) is 0.415. The van der Waals surface area contributed by atoms with Crippen molar-refractivity contribution in [3.63, 3.8) is 0 Å². The standard InChI is InChI=1S/C23H28ClNO4/c1-2-28-22(26)21(17-19-12-14-20(24)15-13-19)25-23(27)29-16-8-4-7-11-18-9-5-3-6-10-18/h3,5-6,9-10,12-15,21H,2,4,7-8,11,16-17H2,1H3,(H,25,27). The molecule has 0 spiro atoms. The van der Waals surface area contributed by atoms with Crippen LogP contribution in [0.3, 0.4) is 0 Å². The number of esters is 1. The second kappa shape index (κ2) is 12.8. The first kappa shape index (κ1) is 22.8. The van der Waals surface area contributed by atoms with Crippen molar-refractivity contribution in [3.8, 4) is 0 Å². The summed E-state index contributed by atoms with van der Waals surface area (Å²) in [6.07, 6.45) is 3.49. The van der Waals surface area contributed by atoms with Gasteiger partial charge in [0.05, 0.1) is 13.2 Å². The molecule has 1 unspecified atom stereocenters. The molecule has 0 aliphatic rings. The van der Waals surface area contributed by atoms with Crippen molar-refractivity contribution < 1.29 is 19.1 Å². The first-order valence-corrected chi connectivity index (χ1v) is 10.3. The van der Waals surface area contributed by atoms with E-state index < -0.39 is 18.1 Å². The third kappa shape index (κ3) is 9.01. The van der Waals surface area contributed by atoms with Crippen LogP contribution in [0, 0.1) is 0 Å². The second-order valence-electron chi connectivity index (χ2n) is 6.71. The first-order valence-electron chi connectivity index (χ1n) is 9.96.